The first-order valence-electron chi connectivity index (χ1n) is 6.75. The lowest BCUT2D eigenvalue weighted by atomic mass is 9.88. The predicted octanol–water partition coefficient (Wildman–Crippen LogP) is 1.32. The molecule has 0 aromatic carbocycles. The number of aliphatic hydroxyl groups excluding tert-OH is 1. The number of nitrogens with zero attached hydrogens (tertiary/aromatic N) is 1. The molecule has 1 aliphatic heterocycles. The number of esters is 1. The summed E-state index contributed by atoms with van der Waals surface area (Å²) in [6.07, 6.45) is 6.95. The summed E-state index contributed by atoms with van der Waals surface area (Å²) in [6, 6.07) is 0.0275. The number of carbonyl (C=O) groups excluding carboxylic acids is 1. The van der Waals surface area contributed by atoms with Crippen LogP contribution >= 0.6 is 0 Å². The van der Waals surface area contributed by atoms with Gasteiger partial charge in [-0.25, -0.2) is 0 Å². The van der Waals surface area contributed by atoms with Crippen molar-refractivity contribution < 1.29 is 14.6 Å². The molecule has 2 aliphatic rings. The average molecular weight is 241 g/mol. The molecule has 0 radical (unpaired) electrons. The van der Waals surface area contributed by atoms with E-state index in [0.717, 1.165) is 51.5 Å². The van der Waals surface area contributed by atoms with Gasteiger partial charge in [0.15, 0.2) is 0 Å². The molecule has 2 rings (SSSR count). The van der Waals surface area contributed by atoms with E-state index in [1.54, 1.807) is 0 Å². The maximum absolute atomic E-state index is 11.8. The SMILES string of the molecule is COC(=O)C1CCCCN1C1CCCCC1O. The van der Waals surface area contributed by atoms with Crippen molar-refractivity contribution in [3.63, 3.8) is 0 Å². The van der Waals surface area contributed by atoms with E-state index in [1.807, 2.05) is 0 Å². The summed E-state index contributed by atoms with van der Waals surface area (Å²) in [7, 11) is 1.45. The normalized spacial score (nSPS) is 35.5. The first-order valence-corrected chi connectivity index (χ1v) is 6.75. The third-order valence-corrected chi connectivity index (χ3v) is 4.14. The molecule has 1 aliphatic carbocycles. The monoisotopic (exact) mass is 241 g/mol. The summed E-state index contributed by atoms with van der Waals surface area (Å²) >= 11 is 0. The highest BCUT2D eigenvalue weighted by atomic mass is 16.5. The van der Waals surface area contributed by atoms with Gasteiger partial charge in [0, 0.05) is 6.04 Å². The van der Waals surface area contributed by atoms with E-state index in [2.05, 4.69) is 4.90 Å². The van der Waals surface area contributed by atoms with E-state index >= 15 is 0 Å². The van der Waals surface area contributed by atoms with Crippen LogP contribution in [0.1, 0.15) is 44.9 Å². The fourth-order valence-electron chi connectivity index (χ4n) is 3.22. The van der Waals surface area contributed by atoms with Crippen LogP contribution < -0.4 is 0 Å². The molecule has 0 amide bonds. The van der Waals surface area contributed by atoms with Crippen molar-refractivity contribution in [3.05, 3.63) is 0 Å². The van der Waals surface area contributed by atoms with Gasteiger partial charge in [-0.3, -0.25) is 9.69 Å². The summed E-state index contributed by atoms with van der Waals surface area (Å²) in [4.78, 5) is 14.0. The van der Waals surface area contributed by atoms with Crippen molar-refractivity contribution in [1.82, 2.24) is 4.90 Å². The van der Waals surface area contributed by atoms with Crippen molar-refractivity contribution in [2.24, 2.45) is 0 Å². The van der Waals surface area contributed by atoms with Crippen molar-refractivity contribution in [1.29, 1.82) is 0 Å². The van der Waals surface area contributed by atoms with Crippen molar-refractivity contribution in [2.75, 3.05) is 13.7 Å². The van der Waals surface area contributed by atoms with Gasteiger partial charge in [-0.1, -0.05) is 19.3 Å². The van der Waals surface area contributed by atoms with Crippen LogP contribution in [0.3, 0.4) is 0 Å². The zero-order valence-electron chi connectivity index (χ0n) is 10.6. The van der Waals surface area contributed by atoms with Crippen LogP contribution in [0.25, 0.3) is 0 Å². The molecule has 17 heavy (non-hydrogen) atoms. The third-order valence-electron chi connectivity index (χ3n) is 4.14. The molecule has 3 atom stereocenters. The van der Waals surface area contributed by atoms with Gasteiger partial charge >= 0.3 is 5.97 Å². The lowest BCUT2D eigenvalue weighted by Gasteiger charge is -2.43. The first kappa shape index (κ1) is 12.8. The highest BCUT2D eigenvalue weighted by Crippen LogP contribution is 2.29. The molecule has 3 unspecified atom stereocenters. The second-order valence-corrected chi connectivity index (χ2v) is 5.19. The molecule has 0 aromatic heterocycles. The fraction of sp³-hybridized carbons (Fsp3) is 0.923. The molecule has 0 aromatic rings. The van der Waals surface area contributed by atoms with Gasteiger partial charge in [0.25, 0.3) is 0 Å². The summed E-state index contributed by atoms with van der Waals surface area (Å²) in [5, 5.41) is 10.1. The van der Waals surface area contributed by atoms with Crippen LogP contribution in [0.15, 0.2) is 0 Å². The van der Waals surface area contributed by atoms with Crippen molar-refractivity contribution in [3.8, 4) is 0 Å². The quantitative estimate of drug-likeness (QED) is 0.741. The maximum Gasteiger partial charge on any atom is 0.323 e. The summed E-state index contributed by atoms with van der Waals surface area (Å²) < 4.78 is 4.88. The van der Waals surface area contributed by atoms with E-state index in [1.165, 1.54) is 7.11 Å². The minimum absolute atomic E-state index is 0.133. The Hall–Kier alpha value is -0.610. The molecule has 98 valence electrons. The van der Waals surface area contributed by atoms with Crippen LogP contribution in [0.5, 0.6) is 0 Å². The molecule has 1 heterocycles. The number of hydrogen-bond donors (Lipinski definition) is 1. The Kier molecular flexibility index (Phi) is 4.40. The van der Waals surface area contributed by atoms with E-state index in [9.17, 15) is 9.90 Å². The highest BCUT2D eigenvalue weighted by molar-refractivity contribution is 5.75. The molecular formula is C13H23NO3. The summed E-state index contributed by atoms with van der Waals surface area (Å²) in [6.45, 7) is 0.918. The third kappa shape index (κ3) is 2.80. The number of carbonyl (C=O) groups is 1. The zero-order valence-corrected chi connectivity index (χ0v) is 10.6. The van der Waals surface area contributed by atoms with Gasteiger partial charge in [-0.05, 0) is 32.2 Å². The lowest BCUT2D eigenvalue weighted by molar-refractivity contribution is -0.151. The highest BCUT2D eigenvalue weighted by Gasteiger charge is 2.37. The lowest BCUT2D eigenvalue weighted by Crippen LogP contribution is -2.55. The number of rotatable bonds is 2. The average Bonchev–Trinajstić information content (AvgIpc) is 2.38. The predicted molar refractivity (Wildman–Crippen MR) is 64.6 cm³/mol. The van der Waals surface area contributed by atoms with Gasteiger partial charge < -0.3 is 9.84 Å². The second-order valence-electron chi connectivity index (χ2n) is 5.19. The van der Waals surface area contributed by atoms with Gasteiger partial charge in [-0.15, -0.1) is 0 Å². The molecule has 1 N–H and O–H groups in total. The number of ether oxygens (including phenoxy) is 1. The maximum atomic E-state index is 11.8. The first-order chi connectivity index (χ1) is 8.24. The number of aliphatic hydroxyl groups is 1. The Morgan fingerprint density at radius 3 is 2.59 bits per heavy atom. The van der Waals surface area contributed by atoms with Crippen LogP contribution in [0.2, 0.25) is 0 Å². The number of methoxy groups -OCH3 is 1. The zero-order chi connectivity index (χ0) is 12.3. The van der Waals surface area contributed by atoms with Crippen LogP contribution in [0, 0.1) is 0 Å². The molecule has 0 bridgehead atoms. The smallest absolute Gasteiger partial charge is 0.323 e. The Labute approximate surface area is 103 Å². The molecular weight excluding hydrogens is 218 g/mol. The van der Waals surface area contributed by atoms with Gasteiger partial charge in [0.05, 0.1) is 13.2 Å². The largest absolute Gasteiger partial charge is 0.468 e. The minimum atomic E-state index is -0.269. The van der Waals surface area contributed by atoms with Crippen LogP contribution in [-0.4, -0.2) is 47.8 Å². The topological polar surface area (TPSA) is 49.8 Å². The Balaban J connectivity index is 2.06. The van der Waals surface area contributed by atoms with E-state index < -0.39 is 0 Å². The van der Waals surface area contributed by atoms with Crippen LogP contribution in [-0.2, 0) is 9.53 Å². The number of hydrogen-bond acceptors (Lipinski definition) is 4. The van der Waals surface area contributed by atoms with Crippen LogP contribution in [0.4, 0.5) is 0 Å². The van der Waals surface area contributed by atoms with Gasteiger partial charge in [-0.2, -0.15) is 0 Å². The molecule has 2 fully saturated rings. The fourth-order valence-corrected chi connectivity index (χ4v) is 3.22. The van der Waals surface area contributed by atoms with Crippen molar-refractivity contribution in [2.45, 2.75) is 63.1 Å². The Bertz CT molecular complexity index is 269. The van der Waals surface area contributed by atoms with E-state index in [-0.39, 0.29) is 24.2 Å². The van der Waals surface area contributed by atoms with Gasteiger partial charge in [0.1, 0.15) is 6.04 Å². The number of likely N-dealkylation sites (tertiary alicyclic amines) is 1. The van der Waals surface area contributed by atoms with E-state index in [0.29, 0.717) is 0 Å². The molecule has 0 spiro atoms. The summed E-state index contributed by atoms with van der Waals surface area (Å²) in [5.74, 6) is -0.137. The standard InChI is InChI=1S/C13H23NO3/c1-17-13(16)11-7-4-5-9-14(11)10-6-2-3-8-12(10)15/h10-12,15H,2-9H2,1H3. The molecule has 4 heteroatoms. The number of piperidine rings is 1. The molecule has 1 saturated heterocycles. The Morgan fingerprint density at radius 1 is 1.18 bits per heavy atom. The second kappa shape index (κ2) is 5.83. The van der Waals surface area contributed by atoms with Gasteiger partial charge in [0.2, 0.25) is 0 Å². The van der Waals surface area contributed by atoms with Crippen molar-refractivity contribution >= 4 is 5.97 Å². The molecule has 4 nitrogen and oxygen atoms in total. The summed E-state index contributed by atoms with van der Waals surface area (Å²) in [5.41, 5.74) is 0. The minimum Gasteiger partial charge on any atom is -0.468 e. The van der Waals surface area contributed by atoms with E-state index in [4.69, 9.17) is 4.74 Å². The Morgan fingerprint density at radius 2 is 1.88 bits per heavy atom. The molecule has 1 saturated carbocycles.